The van der Waals surface area contributed by atoms with E-state index in [-0.39, 0.29) is 17.9 Å². The molecular weight excluding hydrogens is 210 g/mol. The first-order chi connectivity index (χ1) is 7.41. The molecule has 1 aliphatic rings. The average Bonchev–Trinajstić information content (AvgIpc) is 2.59. The molecule has 5 heteroatoms. The summed E-state index contributed by atoms with van der Waals surface area (Å²) in [6, 6.07) is -0.841. The van der Waals surface area contributed by atoms with Crippen molar-refractivity contribution < 1.29 is 19.4 Å². The lowest BCUT2D eigenvalue weighted by Gasteiger charge is -2.20. The number of aliphatic carboxylic acids is 1. The third kappa shape index (κ3) is 3.20. The fourth-order valence-corrected chi connectivity index (χ4v) is 1.76. The smallest absolute Gasteiger partial charge is 0.326 e. The van der Waals surface area contributed by atoms with Gasteiger partial charge in [0, 0.05) is 0 Å². The van der Waals surface area contributed by atoms with Crippen LogP contribution in [0, 0.1) is 5.92 Å². The van der Waals surface area contributed by atoms with Crippen LogP contribution >= 0.6 is 0 Å². The lowest BCUT2D eigenvalue weighted by Crippen LogP contribution is -2.48. The molecule has 1 heterocycles. The van der Waals surface area contributed by atoms with Gasteiger partial charge in [0.2, 0.25) is 5.91 Å². The maximum Gasteiger partial charge on any atom is 0.326 e. The van der Waals surface area contributed by atoms with Crippen molar-refractivity contribution in [3.8, 4) is 0 Å². The molecule has 16 heavy (non-hydrogen) atoms. The van der Waals surface area contributed by atoms with Crippen LogP contribution in [0.25, 0.3) is 0 Å². The summed E-state index contributed by atoms with van der Waals surface area (Å²) >= 11 is 0. The van der Waals surface area contributed by atoms with E-state index in [9.17, 15) is 9.59 Å². The molecule has 1 aliphatic heterocycles. The monoisotopic (exact) mass is 229 g/mol. The first kappa shape index (κ1) is 13.0. The fourth-order valence-electron chi connectivity index (χ4n) is 1.76. The Morgan fingerprint density at radius 1 is 1.38 bits per heavy atom. The lowest BCUT2D eigenvalue weighted by atomic mass is 10.0. The summed E-state index contributed by atoms with van der Waals surface area (Å²) < 4.78 is 5.38. The van der Waals surface area contributed by atoms with Crippen LogP contribution in [0.4, 0.5) is 0 Å². The van der Waals surface area contributed by atoms with Crippen LogP contribution in [-0.4, -0.2) is 35.2 Å². The average molecular weight is 229 g/mol. The molecule has 0 unspecified atom stereocenters. The first-order valence-electron chi connectivity index (χ1n) is 5.60. The van der Waals surface area contributed by atoms with Crippen LogP contribution in [0.1, 0.15) is 33.6 Å². The van der Waals surface area contributed by atoms with Gasteiger partial charge in [-0.2, -0.15) is 0 Å². The summed E-state index contributed by atoms with van der Waals surface area (Å²) in [4.78, 5) is 22.6. The molecule has 0 spiro atoms. The molecule has 1 fully saturated rings. The highest BCUT2D eigenvalue weighted by molar-refractivity contribution is 5.86. The van der Waals surface area contributed by atoms with E-state index in [1.54, 1.807) is 13.8 Å². The third-order valence-electron chi connectivity index (χ3n) is 2.75. The second kappa shape index (κ2) is 5.30. The predicted octanol–water partition coefficient (Wildman–Crippen LogP) is 0.779. The Morgan fingerprint density at radius 3 is 2.38 bits per heavy atom. The van der Waals surface area contributed by atoms with Gasteiger partial charge in [-0.1, -0.05) is 13.8 Å². The zero-order valence-electron chi connectivity index (χ0n) is 9.90. The fraction of sp³-hybridized carbons (Fsp3) is 0.818. The van der Waals surface area contributed by atoms with Crippen molar-refractivity contribution in [1.82, 2.24) is 5.32 Å². The molecule has 5 nitrogen and oxygen atoms in total. The minimum absolute atomic E-state index is 0.0816. The highest BCUT2D eigenvalue weighted by Gasteiger charge is 2.32. The van der Waals surface area contributed by atoms with Crippen LogP contribution in [0.15, 0.2) is 0 Å². The van der Waals surface area contributed by atoms with Gasteiger partial charge in [0.05, 0.1) is 6.10 Å². The highest BCUT2D eigenvalue weighted by Crippen LogP contribution is 2.19. The maximum atomic E-state index is 11.7. The van der Waals surface area contributed by atoms with Gasteiger partial charge in [-0.25, -0.2) is 4.79 Å². The van der Waals surface area contributed by atoms with Gasteiger partial charge in [-0.3, -0.25) is 4.79 Å². The number of carboxylic acid groups (broad SMARTS) is 1. The highest BCUT2D eigenvalue weighted by atomic mass is 16.5. The molecule has 1 amide bonds. The molecule has 0 aliphatic carbocycles. The third-order valence-corrected chi connectivity index (χ3v) is 2.75. The second-order valence-corrected chi connectivity index (χ2v) is 4.58. The van der Waals surface area contributed by atoms with Crippen molar-refractivity contribution in [1.29, 1.82) is 0 Å². The Hall–Kier alpha value is -1.10. The molecule has 3 atom stereocenters. The van der Waals surface area contributed by atoms with Crippen molar-refractivity contribution in [2.24, 2.45) is 5.92 Å². The van der Waals surface area contributed by atoms with Crippen molar-refractivity contribution in [2.45, 2.75) is 51.9 Å². The Morgan fingerprint density at radius 2 is 2.00 bits per heavy atom. The van der Waals surface area contributed by atoms with Gasteiger partial charge >= 0.3 is 5.97 Å². The Balaban J connectivity index is 2.52. The molecule has 0 aromatic rings. The quantitative estimate of drug-likeness (QED) is 0.747. The van der Waals surface area contributed by atoms with Gasteiger partial charge < -0.3 is 15.2 Å². The van der Waals surface area contributed by atoms with Gasteiger partial charge in [-0.05, 0) is 25.7 Å². The van der Waals surface area contributed by atoms with Crippen LogP contribution in [0.3, 0.4) is 0 Å². The van der Waals surface area contributed by atoms with Crippen molar-refractivity contribution in [3.05, 3.63) is 0 Å². The van der Waals surface area contributed by atoms with E-state index in [4.69, 9.17) is 9.84 Å². The molecule has 0 aromatic heterocycles. The standard InChI is InChI=1S/C11H19NO4/c1-6(2)9(11(14)15)12-10(13)8-5-4-7(3)16-8/h6-9H,4-5H2,1-3H3,(H,12,13)(H,14,15)/t7-,8-,9-/m0/s1. The summed E-state index contributed by atoms with van der Waals surface area (Å²) in [6.07, 6.45) is 1.10. The zero-order chi connectivity index (χ0) is 12.3. The van der Waals surface area contributed by atoms with Crippen LogP contribution in [-0.2, 0) is 14.3 Å². The van der Waals surface area contributed by atoms with Gasteiger partial charge in [0.1, 0.15) is 12.1 Å². The molecule has 0 bridgehead atoms. The molecule has 0 saturated carbocycles. The number of amides is 1. The molecule has 92 valence electrons. The summed E-state index contributed by atoms with van der Waals surface area (Å²) in [5.74, 6) is -1.46. The minimum atomic E-state index is -1.01. The van der Waals surface area contributed by atoms with Crippen LogP contribution in [0.2, 0.25) is 0 Å². The summed E-state index contributed by atoms with van der Waals surface area (Å²) in [5, 5.41) is 11.4. The number of carbonyl (C=O) groups is 2. The molecule has 0 radical (unpaired) electrons. The number of carbonyl (C=O) groups excluding carboxylic acids is 1. The minimum Gasteiger partial charge on any atom is -0.480 e. The van der Waals surface area contributed by atoms with Gasteiger partial charge in [0.15, 0.2) is 0 Å². The number of hydrogen-bond donors (Lipinski definition) is 2. The van der Waals surface area contributed by atoms with Gasteiger partial charge in [0.25, 0.3) is 0 Å². The molecule has 0 aromatic carbocycles. The maximum absolute atomic E-state index is 11.7. The van der Waals surface area contributed by atoms with Crippen LogP contribution in [0.5, 0.6) is 0 Å². The van der Waals surface area contributed by atoms with E-state index in [2.05, 4.69) is 5.32 Å². The Labute approximate surface area is 95.2 Å². The molecular formula is C11H19NO4. The normalized spacial score (nSPS) is 26.8. The number of carboxylic acids is 1. The van der Waals surface area contributed by atoms with Crippen molar-refractivity contribution in [3.63, 3.8) is 0 Å². The van der Waals surface area contributed by atoms with E-state index >= 15 is 0 Å². The second-order valence-electron chi connectivity index (χ2n) is 4.58. The predicted molar refractivity (Wildman–Crippen MR) is 58.0 cm³/mol. The topological polar surface area (TPSA) is 75.6 Å². The van der Waals surface area contributed by atoms with Crippen molar-refractivity contribution in [2.75, 3.05) is 0 Å². The Bertz CT molecular complexity index is 277. The first-order valence-corrected chi connectivity index (χ1v) is 5.60. The molecule has 1 rings (SSSR count). The molecule has 1 saturated heterocycles. The van der Waals surface area contributed by atoms with E-state index in [1.165, 1.54) is 0 Å². The number of rotatable bonds is 4. The van der Waals surface area contributed by atoms with E-state index in [0.29, 0.717) is 6.42 Å². The number of nitrogens with one attached hydrogen (secondary N) is 1. The van der Waals surface area contributed by atoms with Crippen molar-refractivity contribution >= 4 is 11.9 Å². The number of hydrogen-bond acceptors (Lipinski definition) is 3. The van der Waals surface area contributed by atoms with Gasteiger partial charge in [-0.15, -0.1) is 0 Å². The molecule has 2 N–H and O–H groups in total. The van der Waals surface area contributed by atoms with E-state index in [0.717, 1.165) is 6.42 Å². The Kier molecular flexibility index (Phi) is 4.29. The SMILES string of the molecule is CC(C)[C@H](NC(=O)[C@@H]1CC[C@H](C)O1)C(=O)O. The summed E-state index contributed by atoms with van der Waals surface area (Å²) in [5.41, 5.74) is 0. The van der Waals surface area contributed by atoms with Crippen LogP contribution < -0.4 is 5.32 Å². The summed E-state index contributed by atoms with van der Waals surface area (Å²) in [6.45, 7) is 5.43. The zero-order valence-corrected chi connectivity index (χ0v) is 9.90. The number of ether oxygens (including phenoxy) is 1. The largest absolute Gasteiger partial charge is 0.480 e. The van der Waals surface area contributed by atoms with E-state index in [1.807, 2.05) is 6.92 Å². The lowest BCUT2D eigenvalue weighted by molar-refractivity contribution is -0.145. The van der Waals surface area contributed by atoms with E-state index < -0.39 is 18.1 Å². The summed E-state index contributed by atoms with van der Waals surface area (Å²) in [7, 11) is 0.